The van der Waals surface area contributed by atoms with E-state index in [2.05, 4.69) is 124 Å². The number of para-hydroxylation sites is 1. The van der Waals surface area contributed by atoms with Crippen LogP contribution in [0.1, 0.15) is 77.3 Å². The minimum absolute atomic E-state index is 0.00564. The van der Waals surface area contributed by atoms with Gasteiger partial charge in [0.2, 0.25) is 11.8 Å². The molecule has 4 aromatic rings. The van der Waals surface area contributed by atoms with Crippen LogP contribution >= 0.6 is 0 Å². The fourth-order valence-corrected chi connectivity index (χ4v) is 15.2. The first-order valence-electron chi connectivity index (χ1n) is 21.8. The highest BCUT2D eigenvalue weighted by atomic mass is 28.4. The minimum atomic E-state index is -2.90. The van der Waals surface area contributed by atoms with Crippen LogP contribution in [0.5, 0.6) is 5.75 Å². The lowest BCUT2D eigenvalue weighted by Crippen LogP contribution is -2.66. The molecule has 7 nitrogen and oxygen atoms in total. The van der Waals surface area contributed by atoms with Crippen LogP contribution in [0.2, 0.25) is 5.04 Å². The number of hydrogen-bond acceptors (Lipinski definition) is 6. The monoisotopic (exact) mass is 808 g/mol. The van der Waals surface area contributed by atoms with E-state index in [1.165, 1.54) is 27.1 Å². The van der Waals surface area contributed by atoms with Gasteiger partial charge in [-0.15, -0.1) is 0 Å². The summed E-state index contributed by atoms with van der Waals surface area (Å²) in [5.74, 6) is -0.729. The first-order chi connectivity index (χ1) is 28.6. The molecule has 3 aliphatic heterocycles. The Hall–Kier alpha value is -4.60. The fraction of sp³-hybridized carbons (Fsp3) is 0.412. The van der Waals surface area contributed by atoms with Gasteiger partial charge in [-0.2, -0.15) is 0 Å². The fourth-order valence-electron chi connectivity index (χ4n) is 10.6. The summed E-state index contributed by atoms with van der Waals surface area (Å²) in [5.41, 5.74) is 5.65. The molecule has 8 heteroatoms. The van der Waals surface area contributed by atoms with Gasteiger partial charge in [-0.25, -0.2) is 0 Å². The Morgan fingerprint density at radius 3 is 2.05 bits per heavy atom. The van der Waals surface area contributed by atoms with Crippen molar-refractivity contribution in [3.05, 3.63) is 143 Å². The molecule has 4 atom stereocenters. The maximum Gasteiger partial charge on any atom is 0.261 e. The second-order valence-electron chi connectivity index (χ2n) is 18.1. The molecule has 0 unspecified atom stereocenters. The Labute approximate surface area is 351 Å². The molecule has 0 bridgehead atoms. The molecule has 4 aromatic carbocycles. The normalized spacial score (nSPS) is 23.2. The summed E-state index contributed by atoms with van der Waals surface area (Å²) in [6.45, 7) is 12.4. The third kappa shape index (κ3) is 8.17. The maximum atomic E-state index is 14.7. The number of piperidine rings is 1. The number of carbonyl (C=O) groups is 2. The molecule has 3 saturated heterocycles. The SMILES string of the molecule is CC/C(=C\c1ccccc1O)CC[C@H]1OC[C@H]2C1=C(CO[Si](c1ccccc1)(c1ccccc1)C(C)(C)C)C[C@H]1C(=O)N(C3CCN(Cc4ccccc4)CC3)C(=O)[C@H]12. The van der Waals surface area contributed by atoms with Crippen molar-refractivity contribution in [2.45, 2.75) is 89.9 Å². The Balaban J connectivity index is 1.10. The Kier molecular flexibility index (Phi) is 12.2. The number of likely N-dealkylation sites (tertiary alicyclic amines) is 2. The van der Waals surface area contributed by atoms with Crippen LogP contribution in [0.25, 0.3) is 6.08 Å². The van der Waals surface area contributed by atoms with Crippen LogP contribution in [0.3, 0.4) is 0 Å². The molecule has 59 heavy (non-hydrogen) atoms. The number of phenolic OH excluding ortho intramolecular Hbond substituents is 1. The van der Waals surface area contributed by atoms with Gasteiger partial charge in [0.1, 0.15) is 5.75 Å². The highest BCUT2D eigenvalue weighted by Crippen LogP contribution is 2.51. The molecule has 8 rings (SSSR count). The largest absolute Gasteiger partial charge is 0.507 e. The van der Waals surface area contributed by atoms with Crippen molar-refractivity contribution in [3.8, 4) is 5.75 Å². The molecule has 2 amide bonds. The number of nitrogens with zero attached hydrogens (tertiary/aromatic N) is 2. The molecule has 3 fully saturated rings. The van der Waals surface area contributed by atoms with Crippen molar-refractivity contribution in [3.63, 3.8) is 0 Å². The van der Waals surface area contributed by atoms with E-state index in [1.807, 2.05) is 24.3 Å². The van der Waals surface area contributed by atoms with Crippen molar-refractivity contribution in [2.24, 2.45) is 17.8 Å². The number of amides is 2. The van der Waals surface area contributed by atoms with Crippen molar-refractivity contribution in [1.29, 1.82) is 0 Å². The number of rotatable bonds is 13. The first kappa shape index (κ1) is 41.1. The number of aromatic hydroxyl groups is 1. The van der Waals surface area contributed by atoms with E-state index >= 15 is 0 Å². The van der Waals surface area contributed by atoms with Gasteiger partial charge >= 0.3 is 0 Å². The number of allylic oxidation sites excluding steroid dienone is 1. The van der Waals surface area contributed by atoms with Crippen molar-refractivity contribution in [2.75, 3.05) is 26.3 Å². The van der Waals surface area contributed by atoms with E-state index < -0.39 is 20.2 Å². The lowest BCUT2D eigenvalue weighted by atomic mass is 9.69. The second kappa shape index (κ2) is 17.5. The highest BCUT2D eigenvalue weighted by Gasteiger charge is 2.59. The number of fused-ring (bicyclic) bond motifs is 3. The molecule has 0 saturated carbocycles. The van der Waals surface area contributed by atoms with E-state index in [0.29, 0.717) is 19.6 Å². The maximum absolute atomic E-state index is 14.7. The Morgan fingerprint density at radius 1 is 0.831 bits per heavy atom. The van der Waals surface area contributed by atoms with Gasteiger partial charge in [0.25, 0.3) is 8.32 Å². The van der Waals surface area contributed by atoms with Crippen molar-refractivity contribution < 1.29 is 23.9 Å². The number of hydrogen-bond donors (Lipinski definition) is 1. The highest BCUT2D eigenvalue weighted by molar-refractivity contribution is 6.99. The summed E-state index contributed by atoms with van der Waals surface area (Å²) >= 11 is 0. The van der Waals surface area contributed by atoms with E-state index in [-0.39, 0.29) is 40.7 Å². The van der Waals surface area contributed by atoms with Crippen LogP contribution in [0.4, 0.5) is 0 Å². The predicted octanol–water partition coefficient (Wildman–Crippen LogP) is 8.52. The van der Waals surface area contributed by atoms with Gasteiger partial charge in [-0.3, -0.25) is 19.4 Å². The zero-order valence-corrected chi connectivity index (χ0v) is 36.2. The summed E-state index contributed by atoms with van der Waals surface area (Å²) in [5, 5.41) is 12.8. The van der Waals surface area contributed by atoms with Gasteiger partial charge in [0, 0.05) is 37.2 Å². The Morgan fingerprint density at radius 2 is 1.44 bits per heavy atom. The van der Waals surface area contributed by atoms with Gasteiger partial charge in [-0.05, 0) is 76.7 Å². The molecule has 1 aliphatic carbocycles. The second-order valence-corrected chi connectivity index (χ2v) is 22.4. The number of imide groups is 1. The third-order valence-corrected chi connectivity index (χ3v) is 18.6. The molecule has 0 aromatic heterocycles. The van der Waals surface area contributed by atoms with Crippen LogP contribution in [-0.2, 0) is 25.3 Å². The van der Waals surface area contributed by atoms with Crippen LogP contribution < -0.4 is 10.4 Å². The molecule has 308 valence electrons. The molecular weight excluding hydrogens is 749 g/mol. The summed E-state index contributed by atoms with van der Waals surface area (Å²) in [4.78, 5) is 33.5. The smallest absolute Gasteiger partial charge is 0.261 e. The number of benzene rings is 4. The van der Waals surface area contributed by atoms with Gasteiger partial charge < -0.3 is 14.3 Å². The minimum Gasteiger partial charge on any atom is -0.507 e. The van der Waals surface area contributed by atoms with E-state index in [9.17, 15) is 14.7 Å². The van der Waals surface area contributed by atoms with E-state index in [4.69, 9.17) is 9.16 Å². The summed E-state index contributed by atoms with van der Waals surface area (Å²) in [7, 11) is -2.90. The van der Waals surface area contributed by atoms with E-state index in [1.54, 1.807) is 11.0 Å². The van der Waals surface area contributed by atoms with Crippen LogP contribution in [0, 0.1) is 17.8 Å². The van der Waals surface area contributed by atoms with Gasteiger partial charge in [-0.1, -0.05) is 149 Å². The summed E-state index contributed by atoms with van der Waals surface area (Å²) < 4.78 is 14.3. The topological polar surface area (TPSA) is 79.3 Å². The lowest BCUT2D eigenvalue weighted by Gasteiger charge is -2.44. The number of carbonyl (C=O) groups excluding carboxylic acids is 2. The summed E-state index contributed by atoms with van der Waals surface area (Å²) in [6.07, 6.45) is 6.41. The average molecular weight is 809 g/mol. The zero-order valence-electron chi connectivity index (χ0n) is 35.2. The number of phenols is 1. The van der Waals surface area contributed by atoms with Crippen molar-refractivity contribution >= 4 is 36.6 Å². The molecule has 4 aliphatic rings. The standard InChI is InChI=1S/C51H60N2O5Si/c1-5-36(31-38-19-15-16-24-45(38)54)25-26-46-47-39(34-58-59(51(2,3)4,41-20-11-7-12-21-41)42-22-13-8-14-23-42)32-43-48(44(47)35-57-46)50(56)53(49(43)55)40-27-29-52(30-28-40)33-37-17-9-6-10-18-37/h6-24,31,40,43-44,46,48,54H,5,25-30,32-35H2,1-4H3/b36-31+/t43-,44+,46-,48-/m1/s1. The molecule has 0 spiro atoms. The van der Waals surface area contributed by atoms with Crippen LogP contribution in [0.15, 0.2) is 132 Å². The number of ether oxygens (including phenoxy) is 1. The zero-order chi connectivity index (χ0) is 41.1. The van der Waals surface area contributed by atoms with E-state index in [0.717, 1.165) is 62.9 Å². The Bertz CT molecular complexity index is 2120. The molecule has 0 radical (unpaired) electrons. The average Bonchev–Trinajstić information content (AvgIpc) is 3.78. The van der Waals surface area contributed by atoms with Crippen LogP contribution in [-0.4, -0.2) is 73.5 Å². The third-order valence-electron chi connectivity index (χ3n) is 13.6. The molecule has 3 heterocycles. The first-order valence-corrected chi connectivity index (χ1v) is 23.7. The van der Waals surface area contributed by atoms with Crippen molar-refractivity contribution in [1.82, 2.24) is 9.80 Å². The predicted molar refractivity (Wildman–Crippen MR) is 238 cm³/mol. The van der Waals surface area contributed by atoms with Gasteiger partial charge in [0.15, 0.2) is 0 Å². The molecule has 1 N–H and O–H groups in total. The lowest BCUT2D eigenvalue weighted by molar-refractivity contribution is -0.144. The quantitative estimate of drug-likeness (QED) is 0.0830. The summed E-state index contributed by atoms with van der Waals surface area (Å²) in [6, 6.07) is 39.3. The van der Waals surface area contributed by atoms with Gasteiger partial charge in [0.05, 0.1) is 31.2 Å². The molecular formula is C51H60N2O5Si.